The van der Waals surface area contributed by atoms with Gasteiger partial charge >= 0.3 is 0 Å². The molecule has 0 aromatic heterocycles. The van der Waals surface area contributed by atoms with Crippen molar-refractivity contribution in [3.8, 4) is 0 Å². The van der Waals surface area contributed by atoms with E-state index in [0.717, 1.165) is 42.8 Å². The normalized spacial score (nSPS) is 30.8. The predicted octanol–water partition coefficient (Wildman–Crippen LogP) is 3.96. The van der Waals surface area contributed by atoms with Crippen molar-refractivity contribution in [2.75, 3.05) is 11.5 Å². The van der Waals surface area contributed by atoms with Crippen LogP contribution in [0.1, 0.15) is 44.3 Å². The van der Waals surface area contributed by atoms with Crippen molar-refractivity contribution in [1.29, 1.82) is 0 Å². The lowest BCUT2D eigenvalue weighted by atomic mass is 9.73. The van der Waals surface area contributed by atoms with Crippen molar-refractivity contribution >= 4 is 11.8 Å². The Hall–Kier alpha value is -0.810. The van der Waals surface area contributed by atoms with E-state index in [9.17, 15) is 10.2 Å². The summed E-state index contributed by atoms with van der Waals surface area (Å²) in [5, 5.41) is 21.1. The number of hydrogen-bond donors (Lipinski definition) is 2. The van der Waals surface area contributed by atoms with Gasteiger partial charge in [0.15, 0.2) is 0 Å². The molecule has 0 saturated carbocycles. The van der Waals surface area contributed by atoms with E-state index in [1.54, 1.807) is 0 Å². The van der Waals surface area contributed by atoms with Gasteiger partial charge in [0.05, 0.1) is 24.4 Å². The summed E-state index contributed by atoms with van der Waals surface area (Å²) >= 11 is 1.86. The van der Waals surface area contributed by atoms with E-state index in [0.29, 0.717) is 5.92 Å². The second-order valence-electron chi connectivity index (χ2n) is 7.11. The Labute approximate surface area is 155 Å². The molecule has 138 valence electrons. The zero-order valence-corrected chi connectivity index (χ0v) is 15.8. The van der Waals surface area contributed by atoms with Crippen LogP contribution >= 0.6 is 11.8 Å². The first kappa shape index (κ1) is 19.0. The third-order valence-corrected chi connectivity index (χ3v) is 6.43. The van der Waals surface area contributed by atoms with Crippen molar-refractivity contribution in [2.24, 2.45) is 11.8 Å². The minimum atomic E-state index is -0.438. The van der Waals surface area contributed by atoms with Crippen LogP contribution in [0.5, 0.6) is 0 Å². The molecule has 2 aliphatic heterocycles. The fourth-order valence-electron chi connectivity index (χ4n) is 4.36. The number of rotatable bonds is 9. The molecular formula is C21H30O3S. The first-order chi connectivity index (χ1) is 12.2. The first-order valence-electron chi connectivity index (χ1n) is 9.51. The smallest absolute Gasteiger partial charge is 0.0790 e. The van der Waals surface area contributed by atoms with Gasteiger partial charge in [0, 0.05) is 11.7 Å². The molecule has 2 fully saturated rings. The van der Waals surface area contributed by atoms with Gasteiger partial charge in [0.25, 0.3) is 0 Å². The number of thioether (sulfide) groups is 1. The van der Waals surface area contributed by atoms with Crippen LogP contribution in [-0.4, -0.2) is 40.0 Å². The monoisotopic (exact) mass is 362 g/mol. The van der Waals surface area contributed by atoms with E-state index >= 15 is 0 Å². The molecule has 1 aromatic carbocycles. The average Bonchev–Trinajstić information content (AvgIpc) is 3.25. The molecule has 0 amide bonds. The van der Waals surface area contributed by atoms with Gasteiger partial charge in [0.1, 0.15) is 0 Å². The lowest BCUT2D eigenvalue weighted by Crippen LogP contribution is -2.35. The fraction of sp³-hybridized carbons (Fsp3) is 0.619. The second kappa shape index (κ2) is 9.22. The van der Waals surface area contributed by atoms with Crippen LogP contribution in [0.2, 0.25) is 0 Å². The SMILES string of the molecule is CCSC/C=C/[C@H](O)[C@H]1[C@@H]2CCC(O2)[C@@H]1CCC(O)c1ccccc1. The Balaban J connectivity index is 1.58. The van der Waals surface area contributed by atoms with Gasteiger partial charge in [0.2, 0.25) is 0 Å². The highest BCUT2D eigenvalue weighted by Gasteiger charge is 2.50. The van der Waals surface area contributed by atoms with Crippen LogP contribution in [0, 0.1) is 11.8 Å². The van der Waals surface area contributed by atoms with Gasteiger partial charge in [-0.1, -0.05) is 49.4 Å². The van der Waals surface area contributed by atoms with Crippen LogP contribution in [0.4, 0.5) is 0 Å². The third-order valence-electron chi connectivity index (χ3n) is 5.59. The first-order valence-corrected chi connectivity index (χ1v) is 10.7. The van der Waals surface area contributed by atoms with Gasteiger partial charge in [-0.3, -0.25) is 0 Å². The fourth-order valence-corrected chi connectivity index (χ4v) is 4.85. The molecule has 3 rings (SSSR count). The highest BCUT2D eigenvalue weighted by Crippen LogP contribution is 2.47. The standard InChI is InChI=1S/C21H30O3S/c1-2-25-14-6-9-18(23)21-16(19-12-13-20(21)24-19)10-11-17(22)15-7-4-3-5-8-15/h3-9,16-23H,2,10-14H2,1H3/b9-6+/t16-,17?,18-,19?,20-,21-/m0/s1. The largest absolute Gasteiger partial charge is 0.389 e. The summed E-state index contributed by atoms with van der Waals surface area (Å²) in [7, 11) is 0. The summed E-state index contributed by atoms with van der Waals surface area (Å²) in [6.45, 7) is 2.15. The van der Waals surface area contributed by atoms with Gasteiger partial charge in [-0.2, -0.15) is 11.8 Å². The van der Waals surface area contributed by atoms with E-state index in [1.165, 1.54) is 0 Å². The van der Waals surface area contributed by atoms with Crippen molar-refractivity contribution < 1.29 is 14.9 Å². The molecule has 3 nitrogen and oxygen atoms in total. The lowest BCUT2D eigenvalue weighted by molar-refractivity contribution is 0.0597. The summed E-state index contributed by atoms with van der Waals surface area (Å²) in [5.41, 5.74) is 0.972. The Morgan fingerprint density at radius 1 is 1.20 bits per heavy atom. The molecule has 2 unspecified atom stereocenters. The molecule has 0 radical (unpaired) electrons. The molecule has 4 heteroatoms. The summed E-state index contributed by atoms with van der Waals surface area (Å²) < 4.78 is 6.10. The highest BCUT2D eigenvalue weighted by molar-refractivity contribution is 7.99. The van der Waals surface area contributed by atoms with Crippen LogP contribution < -0.4 is 0 Å². The zero-order valence-electron chi connectivity index (χ0n) is 15.0. The molecule has 2 saturated heterocycles. The molecule has 2 bridgehead atoms. The quantitative estimate of drug-likeness (QED) is 0.516. The van der Waals surface area contributed by atoms with Crippen LogP contribution in [0.3, 0.4) is 0 Å². The van der Waals surface area contributed by atoms with Crippen molar-refractivity contribution in [3.63, 3.8) is 0 Å². The molecule has 1 aromatic rings. The maximum absolute atomic E-state index is 10.7. The van der Waals surface area contributed by atoms with Crippen LogP contribution in [0.15, 0.2) is 42.5 Å². The van der Waals surface area contributed by atoms with E-state index in [1.807, 2.05) is 48.2 Å². The van der Waals surface area contributed by atoms with Crippen molar-refractivity contribution in [1.82, 2.24) is 0 Å². The molecule has 2 N–H and O–H groups in total. The zero-order chi connectivity index (χ0) is 17.6. The Morgan fingerprint density at radius 2 is 1.96 bits per heavy atom. The van der Waals surface area contributed by atoms with Gasteiger partial charge < -0.3 is 14.9 Å². The molecule has 0 spiro atoms. The lowest BCUT2D eigenvalue weighted by Gasteiger charge is -2.31. The molecule has 0 aliphatic carbocycles. The Kier molecular flexibility index (Phi) is 7.00. The summed E-state index contributed by atoms with van der Waals surface area (Å²) in [4.78, 5) is 0. The van der Waals surface area contributed by atoms with Crippen molar-refractivity contribution in [3.05, 3.63) is 48.0 Å². The Morgan fingerprint density at radius 3 is 2.72 bits per heavy atom. The van der Waals surface area contributed by atoms with Gasteiger partial charge in [-0.05, 0) is 42.9 Å². The molecule has 25 heavy (non-hydrogen) atoms. The minimum absolute atomic E-state index is 0.171. The summed E-state index contributed by atoms with van der Waals surface area (Å²) in [5.74, 6) is 2.56. The molecule has 2 heterocycles. The third kappa shape index (κ3) is 4.68. The molecular weight excluding hydrogens is 332 g/mol. The van der Waals surface area contributed by atoms with Crippen LogP contribution in [-0.2, 0) is 4.74 Å². The van der Waals surface area contributed by atoms with E-state index in [-0.39, 0.29) is 18.1 Å². The maximum Gasteiger partial charge on any atom is 0.0790 e. The van der Waals surface area contributed by atoms with Gasteiger partial charge in [-0.25, -0.2) is 0 Å². The van der Waals surface area contributed by atoms with Gasteiger partial charge in [-0.15, -0.1) is 0 Å². The second-order valence-corrected chi connectivity index (χ2v) is 8.43. The molecule has 6 atom stereocenters. The topological polar surface area (TPSA) is 49.7 Å². The number of benzene rings is 1. The maximum atomic E-state index is 10.7. The van der Waals surface area contributed by atoms with E-state index < -0.39 is 12.2 Å². The number of fused-ring (bicyclic) bond motifs is 2. The number of ether oxygens (including phenoxy) is 1. The Bertz CT molecular complexity index is 547. The van der Waals surface area contributed by atoms with Crippen LogP contribution in [0.25, 0.3) is 0 Å². The number of aliphatic hydroxyl groups excluding tert-OH is 2. The number of aliphatic hydroxyl groups is 2. The highest BCUT2D eigenvalue weighted by atomic mass is 32.2. The molecule has 2 aliphatic rings. The van der Waals surface area contributed by atoms with E-state index in [4.69, 9.17) is 4.74 Å². The number of hydrogen-bond acceptors (Lipinski definition) is 4. The summed E-state index contributed by atoms with van der Waals surface area (Å²) in [6, 6.07) is 9.84. The average molecular weight is 363 g/mol. The minimum Gasteiger partial charge on any atom is -0.389 e. The predicted molar refractivity (Wildman–Crippen MR) is 104 cm³/mol. The van der Waals surface area contributed by atoms with E-state index in [2.05, 4.69) is 13.0 Å². The van der Waals surface area contributed by atoms with Crippen molar-refractivity contribution in [2.45, 2.75) is 57.0 Å². The summed E-state index contributed by atoms with van der Waals surface area (Å²) in [6.07, 6.45) is 7.38.